The Hall–Kier alpha value is -3.83. The van der Waals surface area contributed by atoms with Crippen molar-refractivity contribution in [2.45, 2.75) is 24.5 Å². The molecule has 34 heavy (non-hydrogen) atoms. The molecule has 3 N–H and O–H groups in total. The fourth-order valence-electron chi connectivity index (χ4n) is 2.76. The van der Waals surface area contributed by atoms with E-state index in [1.165, 1.54) is 25.1 Å². The van der Waals surface area contributed by atoms with Crippen molar-refractivity contribution < 1.29 is 31.5 Å². The topological polar surface area (TPSA) is 114 Å². The fraction of sp³-hybridized carbons (Fsp3) is 0.130. The maximum Gasteiger partial charge on any atom is 0.279 e. The van der Waals surface area contributed by atoms with E-state index in [0.717, 1.165) is 29.8 Å². The van der Waals surface area contributed by atoms with Crippen LogP contribution in [0.15, 0.2) is 77.7 Å². The van der Waals surface area contributed by atoms with Gasteiger partial charge in [0, 0.05) is 18.2 Å². The first kappa shape index (κ1) is 24.8. The van der Waals surface area contributed by atoms with Crippen LogP contribution < -0.4 is 20.3 Å². The second-order valence-corrected chi connectivity index (χ2v) is 8.88. The van der Waals surface area contributed by atoms with Crippen molar-refractivity contribution in [1.82, 2.24) is 15.6 Å². The molecule has 1 unspecified atom stereocenters. The minimum atomic E-state index is -3.90. The summed E-state index contributed by atoms with van der Waals surface area (Å²) in [6.07, 6.45) is -1.15. The molecule has 0 aliphatic heterocycles. The van der Waals surface area contributed by atoms with Crippen LogP contribution in [-0.4, -0.2) is 26.3 Å². The second kappa shape index (κ2) is 10.9. The Morgan fingerprint density at radius 2 is 1.65 bits per heavy atom. The van der Waals surface area contributed by atoms with Crippen LogP contribution in [0.4, 0.5) is 8.78 Å². The van der Waals surface area contributed by atoms with Crippen molar-refractivity contribution in [3.8, 4) is 5.75 Å². The van der Waals surface area contributed by atoms with E-state index in [9.17, 15) is 26.8 Å². The van der Waals surface area contributed by atoms with E-state index in [1.54, 1.807) is 24.3 Å². The zero-order valence-electron chi connectivity index (χ0n) is 17.9. The molecule has 1 atom stereocenters. The average molecular weight is 490 g/mol. The molecule has 178 valence electrons. The van der Waals surface area contributed by atoms with E-state index in [-0.39, 0.29) is 22.8 Å². The van der Waals surface area contributed by atoms with E-state index in [0.29, 0.717) is 0 Å². The molecular weight excluding hydrogens is 468 g/mol. The number of amides is 2. The maximum absolute atomic E-state index is 13.3. The largest absolute Gasteiger partial charge is 0.481 e. The number of hydrogen-bond donors (Lipinski definition) is 3. The maximum atomic E-state index is 13.3. The number of ether oxygens (including phenoxy) is 1. The highest BCUT2D eigenvalue weighted by atomic mass is 32.2. The van der Waals surface area contributed by atoms with E-state index < -0.39 is 39.6 Å². The summed E-state index contributed by atoms with van der Waals surface area (Å²) in [7, 11) is -3.90. The number of hydrogen-bond acceptors (Lipinski definition) is 5. The summed E-state index contributed by atoms with van der Waals surface area (Å²) in [4.78, 5) is 24.4. The average Bonchev–Trinajstić information content (AvgIpc) is 2.84. The molecule has 11 heteroatoms. The monoisotopic (exact) mass is 489 g/mol. The van der Waals surface area contributed by atoms with Crippen molar-refractivity contribution >= 4 is 21.8 Å². The molecule has 0 spiro atoms. The Balaban J connectivity index is 1.57. The third kappa shape index (κ3) is 6.59. The molecule has 0 radical (unpaired) electrons. The minimum absolute atomic E-state index is 0.0166. The van der Waals surface area contributed by atoms with Gasteiger partial charge in [0.1, 0.15) is 5.75 Å². The van der Waals surface area contributed by atoms with Crippen molar-refractivity contribution in [3.05, 3.63) is 95.6 Å². The summed E-state index contributed by atoms with van der Waals surface area (Å²) in [5.41, 5.74) is 5.04. The Morgan fingerprint density at radius 3 is 2.35 bits per heavy atom. The summed E-state index contributed by atoms with van der Waals surface area (Å²) >= 11 is 0. The highest BCUT2D eigenvalue weighted by Crippen LogP contribution is 2.17. The van der Waals surface area contributed by atoms with Gasteiger partial charge < -0.3 is 4.74 Å². The van der Waals surface area contributed by atoms with Crippen LogP contribution in [-0.2, 0) is 21.4 Å². The third-order valence-electron chi connectivity index (χ3n) is 4.59. The summed E-state index contributed by atoms with van der Waals surface area (Å²) in [6.45, 7) is 1.42. The number of nitrogens with one attached hydrogen (secondary N) is 3. The van der Waals surface area contributed by atoms with Gasteiger partial charge in [0.15, 0.2) is 17.7 Å². The summed E-state index contributed by atoms with van der Waals surface area (Å²) in [6, 6.07) is 17.0. The van der Waals surface area contributed by atoms with Gasteiger partial charge in [-0.15, -0.1) is 0 Å². The lowest BCUT2D eigenvalue weighted by Gasteiger charge is -2.15. The number of halogens is 2. The number of benzene rings is 3. The zero-order chi connectivity index (χ0) is 24.7. The lowest BCUT2D eigenvalue weighted by Crippen LogP contribution is -2.47. The van der Waals surface area contributed by atoms with E-state index in [2.05, 4.69) is 15.6 Å². The lowest BCUT2D eigenvalue weighted by molar-refractivity contribution is -0.128. The van der Waals surface area contributed by atoms with Gasteiger partial charge in [-0.2, -0.15) is 0 Å². The summed E-state index contributed by atoms with van der Waals surface area (Å²) in [5.74, 6) is -3.81. The Morgan fingerprint density at radius 1 is 0.912 bits per heavy atom. The SMILES string of the molecule is CC(Oc1ccc(F)c(F)c1)C(=O)NNC(=O)c1cccc(S(=O)(=O)NCc2ccccc2)c1. The molecule has 0 aliphatic carbocycles. The van der Waals surface area contributed by atoms with E-state index in [1.807, 2.05) is 6.07 Å². The van der Waals surface area contributed by atoms with Crippen LogP contribution in [0.5, 0.6) is 5.75 Å². The van der Waals surface area contributed by atoms with Crippen LogP contribution in [0.3, 0.4) is 0 Å². The first-order valence-electron chi connectivity index (χ1n) is 10.0. The normalized spacial score (nSPS) is 12.0. The number of rotatable bonds is 8. The van der Waals surface area contributed by atoms with Crippen LogP contribution in [0.25, 0.3) is 0 Å². The van der Waals surface area contributed by atoms with Crippen LogP contribution in [0.2, 0.25) is 0 Å². The molecule has 0 heterocycles. The molecule has 3 aromatic rings. The van der Waals surface area contributed by atoms with Gasteiger partial charge in [0.25, 0.3) is 11.8 Å². The lowest BCUT2D eigenvalue weighted by atomic mass is 10.2. The molecular formula is C23H21F2N3O5S. The zero-order valence-corrected chi connectivity index (χ0v) is 18.7. The van der Waals surface area contributed by atoms with Gasteiger partial charge in [0.2, 0.25) is 10.0 Å². The quantitative estimate of drug-likeness (QED) is 0.421. The van der Waals surface area contributed by atoms with Crippen molar-refractivity contribution in [1.29, 1.82) is 0 Å². The summed E-state index contributed by atoms with van der Waals surface area (Å²) in [5, 5.41) is 0. The predicted molar refractivity (Wildman–Crippen MR) is 119 cm³/mol. The van der Waals surface area contributed by atoms with Crippen molar-refractivity contribution in [2.24, 2.45) is 0 Å². The highest BCUT2D eigenvalue weighted by molar-refractivity contribution is 7.89. The first-order chi connectivity index (χ1) is 16.2. The first-order valence-corrected chi connectivity index (χ1v) is 11.5. The smallest absolute Gasteiger partial charge is 0.279 e. The van der Waals surface area contributed by atoms with Crippen LogP contribution in [0, 0.1) is 11.6 Å². The van der Waals surface area contributed by atoms with Gasteiger partial charge in [-0.05, 0) is 42.8 Å². The number of carbonyl (C=O) groups is 2. The third-order valence-corrected chi connectivity index (χ3v) is 5.99. The Kier molecular flexibility index (Phi) is 7.92. The Bertz CT molecular complexity index is 1290. The van der Waals surface area contributed by atoms with Gasteiger partial charge in [-0.1, -0.05) is 36.4 Å². The fourth-order valence-corrected chi connectivity index (χ4v) is 3.83. The second-order valence-electron chi connectivity index (χ2n) is 7.12. The van der Waals surface area contributed by atoms with Crippen LogP contribution >= 0.6 is 0 Å². The molecule has 0 aliphatic rings. The minimum Gasteiger partial charge on any atom is -0.481 e. The molecule has 0 saturated heterocycles. The number of hydrazine groups is 1. The van der Waals surface area contributed by atoms with Gasteiger partial charge in [-0.25, -0.2) is 21.9 Å². The van der Waals surface area contributed by atoms with Crippen molar-refractivity contribution in [2.75, 3.05) is 0 Å². The Labute approximate surface area is 195 Å². The summed E-state index contributed by atoms with van der Waals surface area (Å²) < 4.78 is 59.1. The van der Waals surface area contributed by atoms with E-state index >= 15 is 0 Å². The number of sulfonamides is 1. The predicted octanol–water partition coefficient (Wildman–Crippen LogP) is 2.67. The molecule has 0 bridgehead atoms. The molecule has 0 aromatic heterocycles. The van der Waals surface area contributed by atoms with E-state index in [4.69, 9.17) is 4.74 Å². The molecule has 0 fully saturated rings. The number of carbonyl (C=O) groups excluding carboxylic acids is 2. The molecule has 0 saturated carbocycles. The molecule has 8 nitrogen and oxygen atoms in total. The molecule has 2 amide bonds. The van der Waals surface area contributed by atoms with Crippen molar-refractivity contribution in [3.63, 3.8) is 0 Å². The van der Waals surface area contributed by atoms with Gasteiger partial charge in [0.05, 0.1) is 4.90 Å². The van der Waals surface area contributed by atoms with Gasteiger partial charge >= 0.3 is 0 Å². The highest BCUT2D eigenvalue weighted by Gasteiger charge is 2.19. The van der Waals surface area contributed by atoms with Crippen LogP contribution in [0.1, 0.15) is 22.8 Å². The molecule has 3 rings (SSSR count). The standard InChI is InChI=1S/C23H21F2N3O5S/c1-15(33-18-10-11-20(24)21(25)13-18)22(29)27-28-23(30)17-8-5-9-19(12-17)34(31,32)26-14-16-6-3-2-4-7-16/h2-13,15,26H,14H2,1H3,(H,27,29)(H,28,30). The van der Waals surface area contributed by atoms with Gasteiger partial charge in [-0.3, -0.25) is 20.4 Å². The molecule has 3 aromatic carbocycles.